The van der Waals surface area contributed by atoms with E-state index in [1.54, 1.807) is 0 Å². The molecule has 172 valence electrons. The third kappa shape index (κ3) is 8.77. The Labute approximate surface area is 165 Å². The number of carbonyl (C=O) groups is 2. The first-order valence-corrected chi connectivity index (χ1v) is 9.52. The van der Waals surface area contributed by atoms with Crippen molar-refractivity contribution < 1.29 is 45.1 Å². The maximum Gasteiger partial charge on any atom is 0.460 e. The second-order valence-electron chi connectivity index (χ2n) is 6.86. The summed E-state index contributed by atoms with van der Waals surface area (Å²) in [5, 5.41) is 0. The summed E-state index contributed by atoms with van der Waals surface area (Å²) in [4.78, 5) is 22.6. The number of alkyl halides is 7. The fourth-order valence-electron chi connectivity index (χ4n) is 2.46. The molecule has 0 rings (SSSR count). The predicted octanol–water partition coefficient (Wildman–Crippen LogP) is 5.35. The molecule has 0 atom stereocenters. The highest BCUT2D eigenvalue weighted by Gasteiger charge is 2.76. The van der Waals surface area contributed by atoms with E-state index in [9.17, 15) is 40.3 Å². The molecular formula is C18H28F7NO3. The summed E-state index contributed by atoms with van der Waals surface area (Å²) >= 11 is 0. The van der Waals surface area contributed by atoms with Crippen LogP contribution in [0.15, 0.2) is 0 Å². The van der Waals surface area contributed by atoms with E-state index < -0.39 is 36.4 Å². The molecule has 4 nitrogen and oxygen atoms in total. The molecule has 0 N–H and O–H groups in total. The van der Waals surface area contributed by atoms with Crippen LogP contribution in [0.2, 0.25) is 0 Å². The molecule has 0 aromatic rings. The topological polar surface area (TPSA) is 46.6 Å². The molecule has 1 amide bonds. The van der Waals surface area contributed by atoms with Crippen LogP contribution in [0.3, 0.4) is 0 Å². The van der Waals surface area contributed by atoms with Crippen LogP contribution < -0.4 is 0 Å². The molecular weight excluding hydrogens is 411 g/mol. The van der Waals surface area contributed by atoms with Gasteiger partial charge >= 0.3 is 24.0 Å². The quantitative estimate of drug-likeness (QED) is 0.208. The number of ether oxygens (including phenoxy) is 1. The van der Waals surface area contributed by atoms with Gasteiger partial charge in [0.05, 0.1) is 6.61 Å². The standard InChI is InChI=1S/C18H28F7NO3/c1-3-4-5-6-7-8-9-10-11-12-29-14(27)13-26(2)15(28)16(19,20)17(21,22)18(23,24)25/h3-13H2,1-2H3. The zero-order valence-electron chi connectivity index (χ0n) is 16.6. The van der Waals surface area contributed by atoms with Gasteiger partial charge in [0.15, 0.2) is 0 Å². The monoisotopic (exact) mass is 439 g/mol. The molecule has 0 aliphatic rings. The molecule has 0 heterocycles. The Bertz CT molecular complexity index is 510. The largest absolute Gasteiger partial charge is 0.464 e. The molecule has 0 saturated heterocycles. The molecule has 0 aromatic heterocycles. The first kappa shape index (κ1) is 27.5. The minimum atomic E-state index is -6.62. The summed E-state index contributed by atoms with van der Waals surface area (Å²) in [6.45, 7) is 0.893. The van der Waals surface area contributed by atoms with Gasteiger partial charge in [0.25, 0.3) is 5.91 Å². The molecule has 11 heteroatoms. The summed E-state index contributed by atoms with van der Waals surface area (Å²) in [5.41, 5.74) is 0. The van der Waals surface area contributed by atoms with E-state index in [-0.39, 0.29) is 11.5 Å². The Hall–Kier alpha value is -1.55. The molecule has 0 saturated carbocycles. The van der Waals surface area contributed by atoms with E-state index in [1.165, 1.54) is 12.8 Å². The van der Waals surface area contributed by atoms with Crippen molar-refractivity contribution in [1.82, 2.24) is 4.90 Å². The van der Waals surface area contributed by atoms with Gasteiger partial charge in [0.2, 0.25) is 0 Å². The van der Waals surface area contributed by atoms with Gasteiger partial charge in [-0.05, 0) is 6.42 Å². The molecule has 0 aliphatic heterocycles. The predicted molar refractivity (Wildman–Crippen MR) is 91.8 cm³/mol. The number of hydrogen-bond acceptors (Lipinski definition) is 3. The van der Waals surface area contributed by atoms with Crippen LogP contribution in [0.4, 0.5) is 30.7 Å². The van der Waals surface area contributed by atoms with Gasteiger partial charge in [-0.1, -0.05) is 58.3 Å². The second kappa shape index (κ2) is 12.2. The first-order chi connectivity index (χ1) is 13.3. The van der Waals surface area contributed by atoms with E-state index in [1.807, 2.05) is 0 Å². The summed E-state index contributed by atoms with van der Waals surface area (Å²) in [6.07, 6.45) is 2.37. The second-order valence-corrected chi connectivity index (χ2v) is 6.86. The third-order valence-electron chi connectivity index (χ3n) is 4.24. The summed E-state index contributed by atoms with van der Waals surface area (Å²) < 4.78 is 93.3. The Morgan fingerprint density at radius 1 is 0.793 bits per heavy atom. The lowest BCUT2D eigenvalue weighted by Crippen LogP contribution is -2.60. The summed E-state index contributed by atoms with van der Waals surface area (Å²) in [5.74, 6) is -16.6. The Morgan fingerprint density at radius 2 is 1.24 bits per heavy atom. The Balaban J connectivity index is 4.20. The molecule has 0 aliphatic carbocycles. The van der Waals surface area contributed by atoms with Gasteiger partial charge in [-0.3, -0.25) is 9.59 Å². The minimum absolute atomic E-state index is 0.0637. The number of amides is 1. The SMILES string of the molecule is CCCCCCCCCCCOC(=O)CN(C)C(=O)C(F)(F)C(F)(F)C(F)(F)F. The van der Waals surface area contributed by atoms with E-state index in [2.05, 4.69) is 6.92 Å². The van der Waals surface area contributed by atoms with Crippen LogP contribution in [0.5, 0.6) is 0 Å². The number of esters is 1. The van der Waals surface area contributed by atoms with Crippen molar-refractivity contribution in [3.63, 3.8) is 0 Å². The molecule has 0 fully saturated rings. The van der Waals surface area contributed by atoms with Crippen molar-refractivity contribution in [3.05, 3.63) is 0 Å². The lowest BCUT2D eigenvalue weighted by atomic mass is 10.1. The zero-order valence-corrected chi connectivity index (χ0v) is 16.6. The minimum Gasteiger partial charge on any atom is -0.464 e. The van der Waals surface area contributed by atoms with Gasteiger partial charge in [0.1, 0.15) is 6.54 Å². The molecule has 0 aromatic carbocycles. The van der Waals surface area contributed by atoms with Crippen molar-refractivity contribution in [1.29, 1.82) is 0 Å². The van der Waals surface area contributed by atoms with Gasteiger partial charge in [-0.25, -0.2) is 0 Å². The number of rotatable bonds is 14. The van der Waals surface area contributed by atoms with Crippen LogP contribution in [0, 0.1) is 0 Å². The van der Waals surface area contributed by atoms with Crippen molar-refractivity contribution in [2.75, 3.05) is 20.2 Å². The fraction of sp³-hybridized carbons (Fsp3) is 0.889. The van der Waals surface area contributed by atoms with Crippen LogP contribution in [-0.4, -0.2) is 55.0 Å². The summed E-state index contributed by atoms with van der Waals surface area (Å²) in [7, 11) is 0.516. The van der Waals surface area contributed by atoms with Crippen LogP contribution >= 0.6 is 0 Å². The lowest BCUT2D eigenvalue weighted by molar-refractivity contribution is -0.345. The number of likely N-dealkylation sites (N-methyl/N-ethyl adjacent to an activating group) is 1. The van der Waals surface area contributed by atoms with Crippen molar-refractivity contribution >= 4 is 11.9 Å². The maximum absolute atomic E-state index is 13.3. The highest BCUT2D eigenvalue weighted by atomic mass is 19.4. The highest BCUT2D eigenvalue weighted by molar-refractivity contribution is 5.87. The van der Waals surface area contributed by atoms with Crippen LogP contribution in [-0.2, 0) is 14.3 Å². The molecule has 29 heavy (non-hydrogen) atoms. The summed E-state index contributed by atoms with van der Waals surface area (Å²) in [6, 6.07) is 0. The van der Waals surface area contributed by atoms with Crippen LogP contribution in [0.1, 0.15) is 64.7 Å². The lowest BCUT2D eigenvalue weighted by Gasteiger charge is -2.29. The number of unbranched alkanes of at least 4 members (excludes halogenated alkanes) is 8. The third-order valence-corrected chi connectivity index (χ3v) is 4.24. The smallest absolute Gasteiger partial charge is 0.460 e. The van der Waals surface area contributed by atoms with Gasteiger partial charge < -0.3 is 9.64 Å². The van der Waals surface area contributed by atoms with E-state index in [0.29, 0.717) is 13.5 Å². The van der Waals surface area contributed by atoms with Crippen molar-refractivity contribution in [2.24, 2.45) is 0 Å². The molecule has 0 radical (unpaired) electrons. The average molecular weight is 439 g/mol. The Kier molecular flexibility index (Phi) is 11.6. The number of nitrogens with zero attached hydrogens (tertiary/aromatic N) is 1. The van der Waals surface area contributed by atoms with Gasteiger partial charge in [0, 0.05) is 7.05 Å². The average Bonchev–Trinajstić information content (AvgIpc) is 2.61. The van der Waals surface area contributed by atoms with Crippen LogP contribution in [0.25, 0.3) is 0 Å². The van der Waals surface area contributed by atoms with Crippen molar-refractivity contribution in [2.45, 2.75) is 82.7 Å². The zero-order chi connectivity index (χ0) is 22.7. The number of hydrogen-bond donors (Lipinski definition) is 0. The van der Waals surface area contributed by atoms with Crippen molar-refractivity contribution in [3.8, 4) is 0 Å². The normalized spacial score (nSPS) is 12.7. The van der Waals surface area contributed by atoms with Gasteiger partial charge in [-0.2, -0.15) is 30.7 Å². The van der Waals surface area contributed by atoms with E-state index in [4.69, 9.17) is 4.74 Å². The maximum atomic E-state index is 13.3. The van der Waals surface area contributed by atoms with E-state index >= 15 is 0 Å². The number of carbonyl (C=O) groups excluding carboxylic acids is 2. The molecule has 0 bridgehead atoms. The number of halogens is 7. The molecule has 0 unspecified atom stereocenters. The first-order valence-electron chi connectivity index (χ1n) is 9.52. The van der Waals surface area contributed by atoms with Gasteiger partial charge in [-0.15, -0.1) is 0 Å². The van der Waals surface area contributed by atoms with E-state index in [0.717, 1.165) is 38.5 Å². The fourth-order valence-corrected chi connectivity index (χ4v) is 2.46. The highest BCUT2D eigenvalue weighted by Crippen LogP contribution is 2.47. The Morgan fingerprint density at radius 3 is 1.69 bits per heavy atom. The molecule has 0 spiro atoms.